The molecule has 0 aromatic heterocycles. The van der Waals surface area contributed by atoms with Gasteiger partial charge in [0.05, 0.1) is 6.61 Å². The molecule has 1 aromatic carbocycles. The molecule has 1 N–H and O–H groups in total. The molecular weight excluding hydrogens is 247 g/mol. The van der Waals surface area contributed by atoms with Crippen LogP contribution < -0.4 is 4.74 Å². The van der Waals surface area contributed by atoms with E-state index in [1.165, 1.54) is 12.1 Å². The summed E-state index contributed by atoms with van der Waals surface area (Å²) in [5.74, 6) is 5.12. The van der Waals surface area contributed by atoms with Gasteiger partial charge in [-0.3, -0.25) is 0 Å². The third kappa shape index (κ3) is 6.80. The fourth-order valence-corrected chi connectivity index (χ4v) is 1.43. The highest BCUT2D eigenvalue weighted by molar-refractivity contribution is 5.40. The first-order valence-electron chi connectivity index (χ1n) is 6.37. The summed E-state index contributed by atoms with van der Waals surface area (Å²) in [6, 6.07) is 4.24. The van der Waals surface area contributed by atoms with E-state index in [4.69, 9.17) is 14.6 Å². The molecule has 104 valence electrons. The van der Waals surface area contributed by atoms with Gasteiger partial charge in [0, 0.05) is 18.2 Å². The largest absolute Gasteiger partial charge is 0.491 e. The SMILES string of the molecule is CCCCOCCOc1cc(F)cc(C#CCO)c1. The van der Waals surface area contributed by atoms with Crippen molar-refractivity contribution in [3.8, 4) is 17.6 Å². The molecule has 0 unspecified atom stereocenters. The van der Waals surface area contributed by atoms with Crippen LogP contribution in [0.4, 0.5) is 4.39 Å². The van der Waals surface area contributed by atoms with Crippen LogP contribution in [0.15, 0.2) is 18.2 Å². The van der Waals surface area contributed by atoms with Crippen LogP contribution in [-0.2, 0) is 4.74 Å². The second-order valence-corrected chi connectivity index (χ2v) is 3.95. The van der Waals surface area contributed by atoms with E-state index in [1.54, 1.807) is 6.07 Å². The van der Waals surface area contributed by atoms with Gasteiger partial charge in [-0.2, -0.15) is 0 Å². The van der Waals surface area contributed by atoms with Crippen LogP contribution in [0.1, 0.15) is 25.3 Å². The molecule has 0 bridgehead atoms. The predicted octanol–water partition coefficient (Wildman–Crippen LogP) is 2.37. The summed E-state index contributed by atoms with van der Waals surface area (Å²) < 4.78 is 24.0. The van der Waals surface area contributed by atoms with Gasteiger partial charge < -0.3 is 14.6 Å². The molecule has 0 aliphatic heterocycles. The molecule has 0 fully saturated rings. The van der Waals surface area contributed by atoms with Crippen molar-refractivity contribution < 1.29 is 19.0 Å². The number of rotatable bonds is 7. The zero-order valence-electron chi connectivity index (χ0n) is 11.1. The second-order valence-electron chi connectivity index (χ2n) is 3.95. The summed E-state index contributed by atoms with van der Waals surface area (Å²) in [6.45, 7) is 3.42. The zero-order valence-corrected chi connectivity index (χ0v) is 11.1. The van der Waals surface area contributed by atoms with Gasteiger partial charge in [-0.05, 0) is 18.6 Å². The molecule has 3 nitrogen and oxygen atoms in total. The van der Waals surface area contributed by atoms with Gasteiger partial charge >= 0.3 is 0 Å². The molecule has 0 aliphatic carbocycles. The fraction of sp³-hybridized carbons (Fsp3) is 0.467. The van der Waals surface area contributed by atoms with Crippen molar-refractivity contribution in [1.29, 1.82) is 0 Å². The maximum atomic E-state index is 13.3. The Morgan fingerprint density at radius 1 is 1.21 bits per heavy atom. The number of ether oxygens (including phenoxy) is 2. The van der Waals surface area contributed by atoms with Gasteiger partial charge in [0.25, 0.3) is 0 Å². The van der Waals surface area contributed by atoms with Crippen molar-refractivity contribution in [2.75, 3.05) is 26.4 Å². The third-order valence-electron chi connectivity index (χ3n) is 2.32. The second kappa shape index (κ2) is 9.37. The standard InChI is InChI=1S/C15H19FO3/c1-2-3-7-18-8-9-19-15-11-13(5-4-6-17)10-14(16)12-15/h10-12,17H,2-3,6-9H2,1H3. The van der Waals surface area contributed by atoms with Crippen LogP contribution in [0.5, 0.6) is 5.75 Å². The Bertz CT molecular complexity index is 435. The molecule has 1 rings (SSSR count). The number of aliphatic hydroxyl groups is 1. The molecule has 0 saturated carbocycles. The monoisotopic (exact) mass is 266 g/mol. The van der Waals surface area contributed by atoms with Crippen molar-refractivity contribution in [2.45, 2.75) is 19.8 Å². The molecule has 4 heteroatoms. The Balaban J connectivity index is 2.42. The summed E-state index contributed by atoms with van der Waals surface area (Å²) in [4.78, 5) is 0. The Kier molecular flexibility index (Phi) is 7.64. The number of halogens is 1. The van der Waals surface area contributed by atoms with E-state index in [2.05, 4.69) is 18.8 Å². The highest BCUT2D eigenvalue weighted by Crippen LogP contribution is 2.15. The summed E-state index contributed by atoms with van der Waals surface area (Å²) in [5.41, 5.74) is 0.482. The van der Waals surface area contributed by atoms with E-state index >= 15 is 0 Å². The number of aliphatic hydroxyl groups excluding tert-OH is 1. The third-order valence-corrected chi connectivity index (χ3v) is 2.32. The minimum atomic E-state index is -0.411. The van der Waals surface area contributed by atoms with Crippen molar-refractivity contribution in [2.24, 2.45) is 0 Å². The molecule has 0 spiro atoms. The lowest BCUT2D eigenvalue weighted by atomic mass is 10.2. The van der Waals surface area contributed by atoms with Gasteiger partial charge in [-0.25, -0.2) is 4.39 Å². The molecule has 0 amide bonds. The average molecular weight is 266 g/mol. The highest BCUT2D eigenvalue weighted by atomic mass is 19.1. The number of unbranched alkanes of at least 4 members (excludes halogenated alkanes) is 1. The molecule has 0 atom stereocenters. The van der Waals surface area contributed by atoms with Gasteiger partial charge in [0.15, 0.2) is 0 Å². The molecule has 1 aromatic rings. The van der Waals surface area contributed by atoms with E-state index in [9.17, 15) is 4.39 Å². The van der Waals surface area contributed by atoms with Crippen LogP contribution in [0.3, 0.4) is 0 Å². The zero-order chi connectivity index (χ0) is 13.9. The van der Waals surface area contributed by atoms with Gasteiger partial charge in [0.2, 0.25) is 0 Å². The molecule has 0 saturated heterocycles. The first kappa shape index (κ1) is 15.5. The first-order chi connectivity index (χ1) is 9.26. The number of hydrogen-bond donors (Lipinski definition) is 1. The van der Waals surface area contributed by atoms with Crippen LogP contribution in [-0.4, -0.2) is 31.5 Å². The molecule has 0 heterocycles. The van der Waals surface area contributed by atoms with Crippen LogP contribution >= 0.6 is 0 Å². The van der Waals surface area contributed by atoms with Crippen molar-refractivity contribution in [1.82, 2.24) is 0 Å². The van der Waals surface area contributed by atoms with Gasteiger partial charge in [0.1, 0.15) is 24.8 Å². The average Bonchev–Trinajstić information content (AvgIpc) is 2.40. The lowest BCUT2D eigenvalue weighted by molar-refractivity contribution is 0.0979. The summed E-state index contributed by atoms with van der Waals surface area (Å²) in [5, 5.41) is 8.60. The maximum absolute atomic E-state index is 13.3. The Morgan fingerprint density at radius 2 is 2.05 bits per heavy atom. The number of benzene rings is 1. The maximum Gasteiger partial charge on any atom is 0.128 e. The Labute approximate surface area is 113 Å². The summed E-state index contributed by atoms with van der Waals surface area (Å²) in [7, 11) is 0. The van der Waals surface area contributed by atoms with E-state index in [0.29, 0.717) is 24.5 Å². The quantitative estimate of drug-likeness (QED) is 0.608. The lowest BCUT2D eigenvalue weighted by Gasteiger charge is -2.07. The minimum Gasteiger partial charge on any atom is -0.491 e. The highest BCUT2D eigenvalue weighted by Gasteiger charge is 2.00. The summed E-state index contributed by atoms with van der Waals surface area (Å²) >= 11 is 0. The van der Waals surface area contributed by atoms with Crippen LogP contribution in [0, 0.1) is 17.7 Å². The predicted molar refractivity (Wildman–Crippen MR) is 71.6 cm³/mol. The fourth-order valence-electron chi connectivity index (χ4n) is 1.43. The van der Waals surface area contributed by atoms with E-state index in [-0.39, 0.29) is 6.61 Å². The first-order valence-corrected chi connectivity index (χ1v) is 6.37. The molecular formula is C15H19FO3. The van der Waals surface area contributed by atoms with E-state index < -0.39 is 5.82 Å². The minimum absolute atomic E-state index is 0.252. The number of hydrogen-bond acceptors (Lipinski definition) is 3. The van der Waals surface area contributed by atoms with Crippen LogP contribution in [0.25, 0.3) is 0 Å². The van der Waals surface area contributed by atoms with E-state index in [0.717, 1.165) is 19.4 Å². The van der Waals surface area contributed by atoms with Crippen molar-refractivity contribution >= 4 is 0 Å². The van der Waals surface area contributed by atoms with Gasteiger partial charge in [-0.1, -0.05) is 25.2 Å². The topological polar surface area (TPSA) is 38.7 Å². The van der Waals surface area contributed by atoms with Crippen molar-refractivity contribution in [3.05, 3.63) is 29.6 Å². The Morgan fingerprint density at radius 3 is 2.79 bits per heavy atom. The molecule has 19 heavy (non-hydrogen) atoms. The smallest absolute Gasteiger partial charge is 0.128 e. The van der Waals surface area contributed by atoms with E-state index in [1.807, 2.05) is 0 Å². The molecule has 0 aliphatic rings. The van der Waals surface area contributed by atoms with Crippen molar-refractivity contribution in [3.63, 3.8) is 0 Å². The summed E-state index contributed by atoms with van der Waals surface area (Å²) in [6.07, 6.45) is 2.12. The molecule has 0 radical (unpaired) electrons. The van der Waals surface area contributed by atoms with Gasteiger partial charge in [-0.15, -0.1) is 0 Å². The normalized spacial score (nSPS) is 9.84. The van der Waals surface area contributed by atoms with Crippen LogP contribution in [0.2, 0.25) is 0 Å². The Hall–Kier alpha value is -1.57. The lowest BCUT2D eigenvalue weighted by Crippen LogP contribution is -2.07.